The van der Waals surface area contributed by atoms with Gasteiger partial charge in [0.05, 0.1) is 39.7 Å². The Morgan fingerprint density at radius 2 is 2.05 bits per heavy atom. The topological polar surface area (TPSA) is 80.7 Å². The van der Waals surface area contributed by atoms with Gasteiger partial charge in [0, 0.05) is 12.4 Å². The minimum Gasteiger partial charge on any atom is -0.321 e. The first-order chi connectivity index (χ1) is 10.3. The summed E-state index contributed by atoms with van der Waals surface area (Å²) < 4.78 is 0. The van der Waals surface area contributed by atoms with Crippen molar-refractivity contribution in [3.05, 3.63) is 54.5 Å². The Balaban J connectivity index is 1.75. The zero-order valence-electron chi connectivity index (χ0n) is 10.8. The summed E-state index contributed by atoms with van der Waals surface area (Å²) in [6.45, 7) is 0. The maximum absolute atomic E-state index is 12.4. The van der Waals surface area contributed by atoms with Crippen LogP contribution in [0.1, 0.15) is 11.4 Å². The first-order valence-electron chi connectivity index (χ1n) is 6.36. The number of carbonyl (C=O) groups is 1. The maximum Gasteiger partial charge on any atom is 0.258 e. The SMILES string of the molecule is O=C(Nc1cccnc1)C1=Cc2nccc3ncnc1c23. The molecule has 0 aliphatic heterocycles. The molecule has 0 unspecified atom stereocenters. The minimum absolute atomic E-state index is 0.235. The van der Waals surface area contributed by atoms with Crippen molar-refractivity contribution in [3.8, 4) is 0 Å². The summed E-state index contributed by atoms with van der Waals surface area (Å²) in [7, 11) is 0. The highest BCUT2D eigenvalue weighted by Gasteiger charge is 2.24. The van der Waals surface area contributed by atoms with Gasteiger partial charge in [0.1, 0.15) is 6.33 Å². The average molecular weight is 275 g/mol. The van der Waals surface area contributed by atoms with Crippen LogP contribution in [0.15, 0.2) is 43.1 Å². The van der Waals surface area contributed by atoms with E-state index in [1.165, 1.54) is 6.33 Å². The summed E-state index contributed by atoms with van der Waals surface area (Å²) >= 11 is 0. The number of hydrogen-bond acceptors (Lipinski definition) is 5. The van der Waals surface area contributed by atoms with E-state index in [4.69, 9.17) is 0 Å². The lowest BCUT2D eigenvalue weighted by atomic mass is 10.1. The standard InChI is InChI=1S/C15H9N5O/c21-15(20-9-2-1-4-16-7-9)10-6-12-13-11(3-5-17-12)18-8-19-14(10)13/h1-8H,(H,20,21). The van der Waals surface area contributed by atoms with Crippen molar-refractivity contribution in [2.75, 3.05) is 5.32 Å². The highest BCUT2D eigenvalue weighted by molar-refractivity contribution is 6.33. The van der Waals surface area contributed by atoms with E-state index in [9.17, 15) is 4.79 Å². The molecule has 3 heterocycles. The number of anilines is 1. The molecule has 1 amide bonds. The predicted molar refractivity (Wildman–Crippen MR) is 78.1 cm³/mol. The summed E-state index contributed by atoms with van der Waals surface area (Å²) in [5, 5.41) is 3.62. The minimum atomic E-state index is -0.235. The lowest BCUT2D eigenvalue weighted by Gasteiger charge is -2.06. The molecule has 4 rings (SSSR count). The molecule has 0 atom stereocenters. The summed E-state index contributed by atoms with van der Waals surface area (Å²) in [6.07, 6.45) is 8.11. The molecule has 0 saturated heterocycles. The van der Waals surface area contributed by atoms with E-state index < -0.39 is 0 Å². The highest BCUT2D eigenvalue weighted by atomic mass is 16.1. The van der Waals surface area contributed by atoms with Gasteiger partial charge < -0.3 is 5.32 Å². The molecule has 0 radical (unpaired) electrons. The quantitative estimate of drug-likeness (QED) is 0.772. The van der Waals surface area contributed by atoms with Crippen molar-refractivity contribution in [2.45, 2.75) is 0 Å². The van der Waals surface area contributed by atoms with Crippen molar-refractivity contribution in [3.63, 3.8) is 0 Å². The fourth-order valence-corrected chi connectivity index (χ4v) is 2.36. The Kier molecular flexibility index (Phi) is 2.47. The maximum atomic E-state index is 12.4. The Labute approximate surface area is 119 Å². The Morgan fingerprint density at radius 1 is 1.10 bits per heavy atom. The van der Waals surface area contributed by atoms with Crippen LogP contribution in [0.5, 0.6) is 0 Å². The van der Waals surface area contributed by atoms with Crippen molar-refractivity contribution < 1.29 is 4.79 Å². The van der Waals surface area contributed by atoms with Gasteiger partial charge in [-0.2, -0.15) is 0 Å². The largest absolute Gasteiger partial charge is 0.321 e. The van der Waals surface area contributed by atoms with E-state index in [1.54, 1.807) is 42.9 Å². The van der Waals surface area contributed by atoms with Gasteiger partial charge in [-0.05, 0) is 24.3 Å². The van der Waals surface area contributed by atoms with E-state index >= 15 is 0 Å². The van der Waals surface area contributed by atoms with Gasteiger partial charge in [0.15, 0.2) is 0 Å². The molecule has 6 heteroatoms. The van der Waals surface area contributed by atoms with Crippen molar-refractivity contribution in [2.24, 2.45) is 0 Å². The molecule has 1 N–H and O–H groups in total. The lowest BCUT2D eigenvalue weighted by Crippen LogP contribution is -2.13. The molecule has 0 bridgehead atoms. The number of amides is 1. The van der Waals surface area contributed by atoms with E-state index in [0.29, 0.717) is 17.0 Å². The number of aromatic nitrogens is 4. The summed E-state index contributed by atoms with van der Waals surface area (Å²) in [4.78, 5) is 29.1. The van der Waals surface area contributed by atoms with Crippen molar-refractivity contribution in [1.82, 2.24) is 19.9 Å². The Morgan fingerprint density at radius 3 is 2.90 bits per heavy atom. The third kappa shape index (κ3) is 1.85. The second-order valence-electron chi connectivity index (χ2n) is 4.57. The molecular weight excluding hydrogens is 266 g/mol. The molecule has 6 nitrogen and oxygen atoms in total. The number of hydrogen-bond donors (Lipinski definition) is 1. The van der Waals surface area contributed by atoms with Crippen LogP contribution in [0.4, 0.5) is 5.69 Å². The van der Waals surface area contributed by atoms with Crippen LogP contribution in [0.25, 0.3) is 22.6 Å². The third-order valence-corrected chi connectivity index (χ3v) is 3.28. The lowest BCUT2D eigenvalue weighted by molar-refractivity contribution is -0.111. The first-order valence-corrected chi connectivity index (χ1v) is 6.36. The van der Waals surface area contributed by atoms with E-state index in [1.807, 2.05) is 0 Å². The van der Waals surface area contributed by atoms with Crippen molar-refractivity contribution >= 4 is 34.1 Å². The van der Waals surface area contributed by atoms with Gasteiger partial charge in [-0.3, -0.25) is 14.8 Å². The molecule has 3 aromatic heterocycles. The zero-order valence-corrected chi connectivity index (χ0v) is 10.8. The van der Waals surface area contributed by atoms with Gasteiger partial charge in [-0.15, -0.1) is 0 Å². The number of rotatable bonds is 2. The summed E-state index contributed by atoms with van der Waals surface area (Å²) in [5.74, 6) is -0.235. The number of carbonyl (C=O) groups excluding carboxylic acids is 1. The monoisotopic (exact) mass is 275 g/mol. The Hall–Kier alpha value is -3.15. The second kappa shape index (κ2) is 4.45. The summed E-state index contributed by atoms with van der Waals surface area (Å²) in [5.41, 5.74) is 3.24. The molecular formula is C15H9N5O. The molecule has 0 saturated carbocycles. The molecule has 21 heavy (non-hydrogen) atoms. The van der Waals surface area contributed by atoms with Crippen LogP contribution in [0.2, 0.25) is 0 Å². The second-order valence-corrected chi connectivity index (χ2v) is 4.57. The van der Waals surface area contributed by atoms with Crippen molar-refractivity contribution in [1.29, 1.82) is 0 Å². The van der Waals surface area contributed by atoms with E-state index in [2.05, 4.69) is 25.3 Å². The van der Waals surface area contributed by atoms with Crippen LogP contribution in [-0.2, 0) is 4.79 Å². The van der Waals surface area contributed by atoms with E-state index in [0.717, 1.165) is 16.6 Å². The third-order valence-electron chi connectivity index (χ3n) is 3.28. The van der Waals surface area contributed by atoms with E-state index in [-0.39, 0.29) is 5.91 Å². The van der Waals surface area contributed by atoms with Crippen LogP contribution >= 0.6 is 0 Å². The van der Waals surface area contributed by atoms with Gasteiger partial charge in [0.25, 0.3) is 5.91 Å². The zero-order chi connectivity index (χ0) is 14.2. The van der Waals surface area contributed by atoms with Crippen LogP contribution < -0.4 is 5.32 Å². The molecule has 3 aromatic rings. The molecule has 0 spiro atoms. The van der Waals surface area contributed by atoms with Crippen LogP contribution in [-0.4, -0.2) is 25.8 Å². The predicted octanol–water partition coefficient (Wildman–Crippen LogP) is 1.91. The smallest absolute Gasteiger partial charge is 0.258 e. The average Bonchev–Trinajstić information content (AvgIpc) is 2.90. The molecule has 100 valence electrons. The molecule has 1 aliphatic rings. The number of nitrogens with zero attached hydrogens (tertiary/aromatic N) is 4. The molecule has 1 aliphatic carbocycles. The van der Waals surface area contributed by atoms with Gasteiger partial charge in [-0.25, -0.2) is 9.97 Å². The fourth-order valence-electron chi connectivity index (χ4n) is 2.36. The Bertz CT molecular complexity index is 884. The number of pyridine rings is 2. The first kappa shape index (κ1) is 11.7. The van der Waals surface area contributed by atoms with Gasteiger partial charge in [-0.1, -0.05) is 0 Å². The van der Waals surface area contributed by atoms with Crippen LogP contribution in [0.3, 0.4) is 0 Å². The summed E-state index contributed by atoms with van der Waals surface area (Å²) in [6, 6.07) is 5.35. The van der Waals surface area contributed by atoms with Gasteiger partial charge in [0.2, 0.25) is 0 Å². The van der Waals surface area contributed by atoms with Gasteiger partial charge >= 0.3 is 0 Å². The molecule has 0 fully saturated rings. The fraction of sp³-hybridized carbons (Fsp3) is 0. The van der Waals surface area contributed by atoms with Crippen LogP contribution in [0, 0.1) is 0 Å². The normalized spacial score (nSPS) is 12.3. The molecule has 0 aromatic carbocycles. The highest BCUT2D eigenvalue weighted by Crippen LogP contribution is 2.33. The number of nitrogens with one attached hydrogen (secondary N) is 1.